The van der Waals surface area contributed by atoms with Gasteiger partial charge in [0.2, 0.25) is 10.0 Å². The second-order valence-corrected chi connectivity index (χ2v) is 7.01. The Morgan fingerprint density at radius 1 is 1.14 bits per heavy atom. The average Bonchev–Trinajstić information content (AvgIpc) is 2.62. The molecule has 2 N–H and O–H groups in total. The number of nitrogens with zero attached hydrogens (tertiary/aromatic N) is 1. The van der Waals surface area contributed by atoms with Crippen LogP contribution in [0.2, 0.25) is 0 Å². The Bertz CT molecular complexity index is 748. The van der Waals surface area contributed by atoms with Crippen LogP contribution in [-0.4, -0.2) is 19.2 Å². The van der Waals surface area contributed by atoms with Crippen LogP contribution >= 0.6 is 0 Å². The van der Waals surface area contributed by atoms with Crippen LogP contribution < -0.4 is 10.0 Å². The second-order valence-electron chi connectivity index (χ2n) is 5.26. The highest BCUT2D eigenvalue weighted by Crippen LogP contribution is 2.19. The second kappa shape index (κ2) is 5.81. The predicted molar refractivity (Wildman–Crippen MR) is 87.1 cm³/mol. The minimum absolute atomic E-state index is 0.559. The summed E-state index contributed by atoms with van der Waals surface area (Å²) in [4.78, 5) is 0. The van der Waals surface area contributed by atoms with Gasteiger partial charge in [-0.3, -0.25) is 4.72 Å². The van der Waals surface area contributed by atoms with Crippen LogP contribution in [-0.2, 0) is 23.6 Å². The Balaban J connectivity index is 2.10. The topological polar surface area (TPSA) is 63.1 Å². The molecule has 1 heterocycles. The number of nitrogens with one attached hydrogen (secondary N) is 2. The van der Waals surface area contributed by atoms with Gasteiger partial charge < -0.3 is 9.88 Å². The van der Waals surface area contributed by atoms with Gasteiger partial charge in [-0.25, -0.2) is 8.42 Å². The first-order valence-electron chi connectivity index (χ1n) is 6.70. The lowest BCUT2D eigenvalue weighted by molar-refractivity contribution is 0.607. The van der Waals surface area contributed by atoms with Gasteiger partial charge in [0.25, 0.3) is 0 Å². The van der Waals surface area contributed by atoms with E-state index in [1.165, 1.54) is 17.0 Å². The first kappa shape index (κ1) is 15.4. The maximum atomic E-state index is 11.2. The zero-order chi connectivity index (χ0) is 15.6. The molecule has 6 heteroatoms. The normalized spacial score (nSPS) is 11.4. The van der Waals surface area contributed by atoms with Crippen LogP contribution in [0.5, 0.6) is 0 Å². The van der Waals surface area contributed by atoms with Gasteiger partial charge in [-0.15, -0.1) is 0 Å². The van der Waals surface area contributed by atoms with E-state index in [0.717, 1.165) is 11.9 Å². The molecule has 2 aromatic rings. The molecule has 0 aliphatic carbocycles. The summed E-state index contributed by atoms with van der Waals surface area (Å²) in [5.74, 6) is 0. The fourth-order valence-electron chi connectivity index (χ4n) is 2.22. The first-order chi connectivity index (χ1) is 9.76. The zero-order valence-electron chi connectivity index (χ0n) is 12.8. The fraction of sp³-hybridized carbons (Fsp3) is 0.333. The molecule has 0 spiro atoms. The SMILES string of the molecule is Cc1cc(CNc2cccc(NS(C)(=O)=O)c2)c(C)n1C. The van der Waals surface area contributed by atoms with Crippen molar-refractivity contribution in [2.45, 2.75) is 20.4 Å². The lowest BCUT2D eigenvalue weighted by atomic mass is 10.2. The van der Waals surface area contributed by atoms with Gasteiger partial charge in [0, 0.05) is 30.7 Å². The highest BCUT2D eigenvalue weighted by molar-refractivity contribution is 7.92. The number of rotatable bonds is 5. The summed E-state index contributed by atoms with van der Waals surface area (Å²) in [5, 5.41) is 3.32. The van der Waals surface area contributed by atoms with E-state index < -0.39 is 10.0 Å². The highest BCUT2D eigenvalue weighted by Gasteiger charge is 2.06. The third-order valence-corrected chi connectivity index (χ3v) is 4.14. The number of benzene rings is 1. The monoisotopic (exact) mass is 307 g/mol. The van der Waals surface area contributed by atoms with Crippen LogP contribution in [0, 0.1) is 13.8 Å². The van der Waals surface area contributed by atoms with E-state index in [9.17, 15) is 8.42 Å². The third kappa shape index (κ3) is 4.01. The number of aromatic nitrogens is 1. The molecule has 0 fully saturated rings. The van der Waals surface area contributed by atoms with Crippen molar-refractivity contribution >= 4 is 21.4 Å². The van der Waals surface area contributed by atoms with Crippen LogP contribution in [0.3, 0.4) is 0 Å². The quantitative estimate of drug-likeness (QED) is 0.892. The van der Waals surface area contributed by atoms with Gasteiger partial charge in [-0.2, -0.15) is 0 Å². The van der Waals surface area contributed by atoms with Gasteiger partial charge in [-0.05, 0) is 43.7 Å². The van der Waals surface area contributed by atoms with Gasteiger partial charge in [0.1, 0.15) is 0 Å². The molecular formula is C15H21N3O2S. The molecule has 114 valence electrons. The van der Waals surface area contributed by atoms with Crippen molar-refractivity contribution in [1.82, 2.24) is 4.57 Å². The predicted octanol–water partition coefficient (Wildman–Crippen LogP) is 2.63. The Labute approximate surface area is 126 Å². The molecule has 5 nitrogen and oxygen atoms in total. The molecule has 0 aliphatic heterocycles. The van der Waals surface area contributed by atoms with Crippen molar-refractivity contribution in [3.05, 3.63) is 47.3 Å². The maximum absolute atomic E-state index is 11.2. The van der Waals surface area contributed by atoms with E-state index in [-0.39, 0.29) is 0 Å². The number of aryl methyl sites for hydroxylation is 1. The summed E-state index contributed by atoms with van der Waals surface area (Å²) < 4.78 is 27.1. The van der Waals surface area contributed by atoms with E-state index in [4.69, 9.17) is 0 Å². The summed E-state index contributed by atoms with van der Waals surface area (Å²) in [7, 11) is -1.20. The minimum atomic E-state index is -3.25. The maximum Gasteiger partial charge on any atom is 0.229 e. The van der Waals surface area contributed by atoms with Crippen molar-refractivity contribution in [2.75, 3.05) is 16.3 Å². The zero-order valence-corrected chi connectivity index (χ0v) is 13.6. The Kier molecular flexibility index (Phi) is 4.27. The molecule has 0 aliphatic rings. The van der Waals surface area contributed by atoms with Crippen LogP contribution in [0.25, 0.3) is 0 Å². The summed E-state index contributed by atoms with van der Waals surface area (Å²) in [6, 6.07) is 9.40. The largest absolute Gasteiger partial charge is 0.381 e. The summed E-state index contributed by atoms with van der Waals surface area (Å²) in [6.07, 6.45) is 1.14. The number of hydrogen-bond acceptors (Lipinski definition) is 3. The molecule has 21 heavy (non-hydrogen) atoms. The molecule has 0 atom stereocenters. The Hall–Kier alpha value is -1.95. The first-order valence-corrected chi connectivity index (χ1v) is 8.59. The molecule has 0 saturated heterocycles. The Morgan fingerprint density at radius 2 is 1.81 bits per heavy atom. The Morgan fingerprint density at radius 3 is 2.38 bits per heavy atom. The molecule has 0 amide bonds. The summed E-state index contributed by atoms with van der Waals surface area (Å²) >= 11 is 0. The van der Waals surface area contributed by atoms with Gasteiger partial charge in [0.15, 0.2) is 0 Å². The fourth-order valence-corrected chi connectivity index (χ4v) is 2.77. The van der Waals surface area contributed by atoms with E-state index in [2.05, 4.69) is 34.5 Å². The van der Waals surface area contributed by atoms with Gasteiger partial charge in [0.05, 0.1) is 11.9 Å². The molecule has 0 unspecified atom stereocenters. The number of hydrogen-bond donors (Lipinski definition) is 2. The molecule has 0 bridgehead atoms. The number of anilines is 2. The van der Waals surface area contributed by atoms with Crippen molar-refractivity contribution in [3.63, 3.8) is 0 Å². The molecule has 1 aromatic heterocycles. The van der Waals surface area contributed by atoms with Crippen molar-refractivity contribution < 1.29 is 8.42 Å². The molecule has 0 saturated carbocycles. The van der Waals surface area contributed by atoms with Crippen molar-refractivity contribution in [3.8, 4) is 0 Å². The number of sulfonamides is 1. The van der Waals surface area contributed by atoms with E-state index in [1.807, 2.05) is 19.2 Å². The smallest absolute Gasteiger partial charge is 0.229 e. The average molecular weight is 307 g/mol. The van der Waals surface area contributed by atoms with Crippen molar-refractivity contribution in [1.29, 1.82) is 0 Å². The van der Waals surface area contributed by atoms with Gasteiger partial charge >= 0.3 is 0 Å². The van der Waals surface area contributed by atoms with Crippen LogP contribution in [0.15, 0.2) is 30.3 Å². The van der Waals surface area contributed by atoms with Gasteiger partial charge in [-0.1, -0.05) is 6.07 Å². The standard InChI is InChI=1S/C15H21N3O2S/c1-11-8-13(12(2)18(11)3)10-16-14-6-5-7-15(9-14)17-21(4,19)20/h5-9,16-17H,10H2,1-4H3. The molecule has 2 rings (SSSR count). The molecular weight excluding hydrogens is 286 g/mol. The van der Waals surface area contributed by atoms with E-state index >= 15 is 0 Å². The molecule has 0 radical (unpaired) electrons. The van der Waals surface area contributed by atoms with Crippen molar-refractivity contribution in [2.24, 2.45) is 7.05 Å². The van der Waals surface area contributed by atoms with E-state index in [1.54, 1.807) is 12.1 Å². The lowest BCUT2D eigenvalue weighted by Gasteiger charge is -2.09. The van der Waals surface area contributed by atoms with Crippen LogP contribution in [0.1, 0.15) is 17.0 Å². The van der Waals surface area contributed by atoms with Crippen LogP contribution in [0.4, 0.5) is 11.4 Å². The highest BCUT2D eigenvalue weighted by atomic mass is 32.2. The molecule has 1 aromatic carbocycles. The third-order valence-electron chi connectivity index (χ3n) is 3.53. The minimum Gasteiger partial charge on any atom is -0.381 e. The lowest BCUT2D eigenvalue weighted by Crippen LogP contribution is -2.09. The summed E-state index contributed by atoms with van der Waals surface area (Å²) in [5.41, 5.74) is 5.12. The summed E-state index contributed by atoms with van der Waals surface area (Å²) in [6.45, 7) is 4.87. The van der Waals surface area contributed by atoms with E-state index in [0.29, 0.717) is 12.2 Å².